The molecule has 0 heterocycles. The Morgan fingerprint density at radius 3 is 2.59 bits per heavy atom. The smallest absolute Gasteiger partial charge is 0.305 e. The molecule has 0 saturated heterocycles. The summed E-state index contributed by atoms with van der Waals surface area (Å²) in [5.74, 6) is 3.53. The maximum atomic E-state index is 13.5. The Kier molecular flexibility index (Phi) is 5.49. The second-order valence-electron chi connectivity index (χ2n) is 11.4. The molecular formula is C26H40O3. The molecule has 0 aromatic carbocycles. The van der Waals surface area contributed by atoms with Crippen LogP contribution in [0.5, 0.6) is 0 Å². The summed E-state index contributed by atoms with van der Waals surface area (Å²) < 4.78 is 4.86. The number of rotatable bonds is 4. The molecule has 0 aliphatic heterocycles. The lowest BCUT2D eigenvalue weighted by Gasteiger charge is -2.60. The molecule has 3 heteroatoms. The van der Waals surface area contributed by atoms with Gasteiger partial charge in [-0.1, -0.05) is 32.9 Å². The molecule has 162 valence electrons. The number of ether oxygens (including phenoxy) is 1. The fourth-order valence-corrected chi connectivity index (χ4v) is 8.46. The molecule has 29 heavy (non-hydrogen) atoms. The molecule has 4 fully saturated rings. The Bertz CT molecular complexity index is 696. The molecule has 3 unspecified atom stereocenters. The fourth-order valence-electron chi connectivity index (χ4n) is 8.46. The number of Topliss-reactive ketones (excluding diaryl/α,β-unsaturated/α-hetero) is 1. The molecule has 4 aliphatic rings. The zero-order valence-corrected chi connectivity index (χ0v) is 19.0. The van der Waals surface area contributed by atoms with Crippen molar-refractivity contribution in [1.29, 1.82) is 0 Å². The van der Waals surface area contributed by atoms with E-state index in [2.05, 4.69) is 27.4 Å². The van der Waals surface area contributed by atoms with Crippen LogP contribution in [0.15, 0.2) is 12.2 Å². The molecule has 0 aromatic rings. The van der Waals surface area contributed by atoms with Gasteiger partial charge in [-0.05, 0) is 91.8 Å². The van der Waals surface area contributed by atoms with Gasteiger partial charge < -0.3 is 4.74 Å². The summed E-state index contributed by atoms with van der Waals surface area (Å²) in [4.78, 5) is 25.1. The lowest BCUT2D eigenvalue weighted by atomic mass is 9.44. The zero-order chi connectivity index (χ0) is 21.0. The molecule has 0 aromatic heterocycles. The van der Waals surface area contributed by atoms with Crippen LogP contribution >= 0.6 is 0 Å². The van der Waals surface area contributed by atoms with Crippen LogP contribution in [-0.4, -0.2) is 18.9 Å². The topological polar surface area (TPSA) is 43.4 Å². The van der Waals surface area contributed by atoms with E-state index >= 15 is 0 Å². The molecule has 0 bridgehead atoms. The summed E-state index contributed by atoms with van der Waals surface area (Å²) in [5.41, 5.74) is 1.95. The van der Waals surface area contributed by atoms with Gasteiger partial charge in [-0.15, -0.1) is 0 Å². The van der Waals surface area contributed by atoms with Crippen LogP contribution in [0.25, 0.3) is 0 Å². The van der Waals surface area contributed by atoms with Crippen molar-refractivity contribution in [2.75, 3.05) is 7.11 Å². The van der Waals surface area contributed by atoms with Gasteiger partial charge in [0.2, 0.25) is 0 Å². The van der Waals surface area contributed by atoms with Crippen molar-refractivity contribution in [3.05, 3.63) is 12.2 Å². The summed E-state index contributed by atoms with van der Waals surface area (Å²) in [6.07, 6.45) is 10.5. The monoisotopic (exact) mass is 400 g/mol. The Hall–Kier alpha value is -1.12. The Balaban J connectivity index is 1.54. The third kappa shape index (κ3) is 3.31. The Labute approximate surface area is 177 Å². The van der Waals surface area contributed by atoms with Crippen LogP contribution in [0, 0.1) is 46.3 Å². The average molecular weight is 401 g/mol. The molecule has 4 rings (SSSR count). The van der Waals surface area contributed by atoms with E-state index in [1.54, 1.807) is 0 Å². The first-order valence-corrected chi connectivity index (χ1v) is 12.0. The van der Waals surface area contributed by atoms with Crippen molar-refractivity contribution < 1.29 is 14.3 Å². The van der Waals surface area contributed by atoms with Crippen LogP contribution in [0.2, 0.25) is 0 Å². The molecule has 8 atom stereocenters. The van der Waals surface area contributed by atoms with Crippen molar-refractivity contribution in [2.24, 2.45) is 46.3 Å². The maximum Gasteiger partial charge on any atom is 0.305 e. The minimum atomic E-state index is -0.0967. The summed E-state index contributed by atoms with van der Waals surface area (Å²) in [5, 5.41) is 0. The van der Waals surface area contributed by atoms with Gasteiger partial charge in [0.25, 0.3) is 0 Å². The van der Waals surface area contributed by atoms with Gasteiger partial charge in [0.1, 0.15) is 5.78 Å². The quantitative estimate of drug-likeness (QED) is 0.431. The molecule has 3 nitrogen and oxygen atoms in total. The van der Waals surface area contributed by atoms with Gasteiger partial charge in [-0.25, -0.2) is 0 Å². The van der Waals surface area contributed by atoms with E-state index in [0.717, 1.165) is 25.7 Å². The van der Waals surface area contributed by atoms with Gasteiger partial charge in [-0.2, -0.15) is 0 Å². The zero-order valence-electron chi connectivity index (χ0n) is 19.0. The van der Waals surface area contributed by atoms with Crippen LogP contribution in [-0.2, 0) is 14.3 Å². The normalized spacial score (nSPS) is 45.2. The number of allylic oxidation sites excluding steroid dienone is 1. The number of methoxy groups -OCH3 is 1. The molecular weight excluding hydrogens is 360 g/mol. The highest BCUT2D eigenvalue weighted by molar-refractivity contribution is 5.83. The second kappa shape index (κ2) is 7.54. The third-order valence-electron chi connectivity index (χ3n) is 10.2. The number of carbonyl (C=O) groups excluding carboxylic acids is 2. The standard InChI is InChI=1S/C26H40O3/c1-16-10-12-25(3)18(14-16)15-22(27)24-20-8-7-19(17(2)6-9-23(28)29-5)26(20,4)13-11-21(24)25/h17-21,24H,1,6-15H2,2-5H3/t17-,18+,19?,20?,21?,24+,25+,26-/m1/s1. The number of esters is 1. The minimum Gasteiger partial charge on any atom is -0.469 e. The van der Waals surface area contributed by atoms with E-state index in [4.69, 9.17) is 4.74 Å². The van der Waals surface area contributed by atoms with Crippen LogP contribution in [0.1, 0.15) is 85.0 Å². The van der Waals surface area contributed by atoms with Gasteiger partial charge in [-0.3, -0.25) is 9.59 Å². The average Bonchev–Trinajstić information content (AvgIpc) is 3.04. The van der Waals surface area contributed by atoms with Gasteiger partial charge in [0.05, 0.1) is 7.11 Å². The molecule has 4 aliphatic carbocycles. The van der Waals surface area contributed by atoms with Crippen molar-refractivity contribution >= 4 is 11.8 Å². The highest BCUT2D eigenvalue weighted by Gasteiger charge is 2.62. The van der Waals surface area contributed by atoms with Crippen LogP contribution in [0.4, 0.5) is 0 Å². The predicted octanol–water partition coefficient (Wildman–Crippen LogP) is 5.97. The summed E-state index contributed by atoms with van der Waals surface area (Å²) in [6, 6.07) is 0. The fraction of sp³-hybridized carbons (Fsp3) is 0.846. The Morgan fingerprint density at radius 2 is 1.86 bits per heavy atom. The van der Waals surface area contributed by atoms with Gasteiger partial charge >= 0.3 is 5.97 Å². The number of hydrogen-bond acceptors (Lipinski definition) is 3. The van der Waals surface area contributed by atoms with Crippen molar-refractivity contribution in [3.63, 3.8) is 0 Å². The third-order valence-corrected chi connectivity index (χ3v) is 10.2. The Morgan fingerprint density at radius 1 is 1.14 bits per heavy atom. The van der Waals surface area contributed by atoms with E-state index in [9.17, 15) is 9.59 Å². The number of hydrogen-bond donors (Lipinski definition) is 0. The van der Waals surface area contributed by atoms with Gasteiger partial charge in [0.15, 0.2) is 0 Å². The van der Waals surface area contributed by atoms with E-state index in [-0.39, 0.29) is 17.3 Å². The van der Waals surface area contributed by atoms with Crippen molar-refractivity contribution in [1.82, 2.24) is 0 Å². The highest BCUT2D eigenvalue weighted by atomic mass is 16.5. The number of ketones is 1. The lowest BCUT2D eigenvalue weighted by Crippen LogP contribution is -2.56. The molecule has 0 radical (unpaired) electrons. The first kappa shape index (κ1) is 21.1. The minimum absolute atomic E-state index is 0.0967. The molecule has 0 amide bonds. The van der Waals surface area contributed by atoms with Crippen molar-refractivity contribution in [3.8, 4) is 0 Å². The lowest BCUT2D eigenvalue weighted by molar-refractivity contribution is -0.154. The maximum absolute atomic E-state index is 13.5. The highest BCUT2D eigenvalue weighted by Crippen LogP contribution is 2.67. The van der Waals surface area contributed by atoms with Crippen LogP contribution in [0.3, 0.4) is 0 Å². The first-order valence-electron chi connectivity index (χ1n) is 12.0. The SMILES string of the molecule is C=C1CC[C@]2(C)C3CC[C@@]4(C)C(CCC4[C@H](C)CCC(=O)OC)[C@@H]3C(=O)C[C@@H]2C1. The van der Waals surface area contributed by atoms with E-state index in [1.165, 1.54) is 44.8 Å². The molecule has 0 spiro atoms. The van der Waals surface area contributed by atoms with E-state index in [1.807, 2.05) is 0 Å². The van der Waals surface area contributed by atoms with E-state index in [0.29, 0.717) is 47.2 Å². The molecule has 4 saturated carbocycles. The summed E-state index contributed by atoms with van der Waals surface area (Å²) in [6.45, 7) is 11.5. The number of carbonyl (C=O) groups is 2. The molecule has 0 N–H and O–H groups in total. The van der Waals surface area contributed by atoms with Crippen molar-refractivity contribution in [2.45, 2.75) is 85.0 Å². The van der Waals surface area contributed by atoms with E-state index < -0.39 is 0 Å². The predicted molar refractivity (Wildman–Crippen MR) is 115 cm³/mol. The van der Waals surface area contributed by atoms with Crippen LogP contribution < -0.4 is 0 Å². The van der Waals surface area contributed by atoms with Gasteiger partial charge in [0, 0.05) is 18.8 Å². The summed E-state index contributed by atoms with van der Waals surface area (Å²) in [7, 11) is 1.48. The largest absolute Gasteiger partial charge is 0.469 e. The second-order valence-corrected chi connectivity index (χ2v) is 11.4. The first-order chi connectivity index (χ1) is 13.7. The summed E-state index contributed by atoms with van der Waals surface area (Å²) >= 11 is 0. The number of fused-ring (bicyclic) bond motifs is 5.